The van der Waals surface area contributed by atoms with E-state index in [4.69, 9.17) is 16.3 Å². The lowest BCUT2D eigenvalue weighted by Gasteiger charge is -2.02. The summed E-state index contributed by atoms with van der Waals surface area (Å²) in [5, 5.41) is 0.593. The summed E-state index contributed by atoms with van der Waals surface area (Å²) in [5.74, 6) is -0.735. The predicted octanol–water partition coefficient (Wildman–Crippen LogP) is 4.38. The van der Waals surface area contributed by atoms with Crippen molar-refractivity contribution < 1.29 is 13.9 Å². The molecular formula is C16H12ClFO2. The zero-order valence-corrected chi connectivity index (χ0v) is 11.5. The summed E-state index contributed by atoms with van der Waals surface area (Å²) in [6.07, 6.45) is 3.02. The molecule has 20 heavy (non-hydrogen) atoms. The van der Waals surface area contributed by atoms with E-state index in [1.807, 2.05) is 6.07 Å². The number of rotatable bonds is 4. The fourth-order valence-corrected chi connectivity index (χ4v) is 1.90. The molecule has 2 nitrogen and oxygen atoms in total. The first-order chi connectivity index (χ1) is 9.60. The Labute approximate surface area is 121 Å². The van der Waals surface area contributed by atoms with Gasteiger partial charge in [-0.25, -0.2) is 4.39 Å². The maximum Gasteiger partial charge on any atom is 0.185 e. The second-order valence-corrected chi connectivity index (χ2v) is 4.54. The van der Waals surface area contributed by atoms with Crippen LogP contribution in [0, 0.1) is 5.82 Å². The molecule has 0 aliphatic rings. The van der Waals surface area contributed by atoms with Crippen LogP contribution in [-0.2, 0) is 0 Å². The van der Waals surface area contributed by atoms with Crippen molar-refractivity contribution in [1.82, 2.24) is 0 Å². The van der Waals surface area contributed by atoms with Crippen LogP contribution in [0.4, 0.5) is 4.39 Å². The summed E-state index contributed by atoms with van der Waals surface area (Å²) in [7, 11) is 1.37. The number of ketones is 1. The highest BCUT2D eigenvalue weighted by Gasteiger charge is 2.07. The minimum absolute atomic E-state index is 0.111. The molecule has 0 heterocycles. The molecule has 0 atom stereocenters. The standard InChI is InChI=1S/C16H12ClFO2/c1-20-16-8-6-12(10-14(16)18)15(19)7-5-11-3-2-4-13(17)9-11/h2-10H,1H3. The van der Waals surface area contributed by atoms with Gasteiger partial charge in [-0.2, -0.15) is 0 Å². The Hall–Kier alpha value is -2.13. The van der Waals surface area contributed by atoms with Crippen LogP contribution < -0.4 is 4.74 Å². The first kappa shape index (κ1) is 14.3. The molecule has 2 aromatic carbocycles. The number of carbonyl (C=O) groups is 1. The largest absolute Gasteiger partial charge is 0.494 e. The van der Waals surface area contributed by atoms with E-state index in [9.17, 15) is 9.18 Å². The van der Waals surface area contributed by atoms with Crippen molar-refractivity contribution in [1.29, 1.82) is 0 Å². The molecule has 0 aliphatic carbocycles. The number of carbonyl (C=O) groups excluding carboxylic acids is 1. The van der Waals surface area contributed by atoms with E-state index >= 15 is 0 Å². The van der Waals surface area contributed by atoms with Gasteiger partial charge in [-0.05, 0) is 42.0 Å². The van der Waals surface area contributed by atoms with Crippen LogP contribution in [0.2, 0.25) is 5.02 Å². The highest BCUT2D eigenvalue weighted by atomic mass is 35.5. The third-order valence-electron chi connectivity index (χ3n) is 2.71. The molecule has 0 saturated carbocycles. The molecule has 2 aromatic rings. The van der Waals surface area contributed by atoms with Crippen LogP contribution in [-0.4, -0.2) is 12.9 Å². The van der Waals surface area contributed by atoms with Crippen molar-refractivity contribution >= 4 is 23.5 Å². The summed E-state index contributed by atoms with van der Waals surface area (Å²) in [6.45, 7) is 0. The van der Waals surface area contributed by atoms with E-state index in [2.05, 4.69) is 0 Å². The van der Waals surface area contributed by atoms with Gasteiger partial charge in [0.15, 0.2) is 17.3 Å². The molecule has 0 fully saturated rings. The van der Waals surface area contributed by atoms with E-state index in [0.717, 1.165) is 11.6 Å². The molecule has 0 radical (unpaired) electrons. The van der Waals surface area contributed by atoms with Gasteiger partial charge >= 0.3 is 0 Å². The quantitative estimate of drug-likeness (QED) is 0.617. The van der Waals surface area contributed by atoms with E-state index in [0.29, 0.717) is 5.02 Å². The van der Waals surface area contributed by atoms with Crippen molar-refractivity contribution in [3.8, 4) is 5.75 Å². The van der Waals surface area contributed by atoms with Gasteiger partial charge in [-0.15, -0.1) is 0 Å². The van der Waals surface area contributed by atoms with Gasteiger partial charge in [-0.3, -0.25) is 4.79 Å². The molecule has 0 bridgehead atoms. The van der Waals surface area contributed by atoms with Crippen molar-refractivity contribution in [3.63, 3.8) is 0 Å². The number of ether oxygens (including phenoxy) is 1. The van der Waals surface area contributed by atoms with Gasteiger partial charge in [0, 0.05) is 10.6 Å². The highest BCUT2D eigenvalue weighted by molar-refractivity contribution is 6.30. The molecular weight excluding hydrogens is 279 g/mol. The Morgan fingerprint density at radius 2 is 2.05 bits per heavy atom. The zero-order valence-electron chi connectivity index (χ0n) is 10.8. The number of hydrogen-bond acceptors (Lipinski definition) is 2. The molecule has 0 spiro atoms. The first-order valence-corrected chi connectivity index (χ1v) is 6.29. The van der Waals surface area contributed by atoms with Crippen LogP contribution in [0.1, 0.15) is 15.9 Å². The number of methoxy groups -OCH3 is 1. The van der Waals surface area contributed by atoms with Gasteiger partial charge in [-0.1, -0.05) is 29.8 Å². The van der Waals surface area contributed by atoms with Gasteiger partial charge < -0.3 is 4.74 Å². The molecule has 0 unspecified atom stereocenters. The number of halogens is 2. The summed E-state index contributed by atoms with van der Waals surface area (Å²) in [4.78, 5) is 11.9. The third-order valence-corrected chi connectivity index (χ3v) is 2.95. The number of hydrogen-bond donors (Lipinski definition) is 0. The Balaban J connectivity index is 2.18. The first-order valence-electron chi connectivity index (χ1n) is 5.91. The average Bonchev–Trinajstić information content (AvgIpc) is 2.44. The Bertz CT molecular complexity index is 665. The van der Waals surface area contributed by atoms with Crippen molar-refractivity contribution in [2.45, 2.75) is 0 Å². The summed E-state index contributed by atoms with van der Waals surface area (Å²) in [6, 6.07) is 11.2. The number of benzene rings is 2. The Kier molecular flexibility index (Phi) is 4.53. The van der Waals surface area contributed by atoms with Crippen molar-refractivity contribution in [2.24, 2.45) is 0 Å². The summed E-state index contributed by atoms with van der Waals surface area (Å²) in [5.41, 5.74) is 1.07. The van der Waals surface area contributed by atoms with Gasteiger partial charge in [0.25, 0.3) is 0 Å². The van der Waals surface area contributed by atoms with Crippen LogP contribution >= 0.6 is 11.6 Å². The SMILES string of the molecule is COc1ccc(C(=O)C=Cc2cccc(Cl)c2)cc1F. The lowest BCUT2D eigenvalue weighted by atomic mass is 10.1. The fourth-order valence-electron chi connectivity index (χ4n) is 1.70. The number of allylic oxidation sites excluding steroid dienone is 1. The third kappa shape index (κ3) is 3.45. The molecule has 4 heteroatoms. The van der Waals surface area contributed by atoms with Crippen LogP contribution in [0.3, 0.4) is 0 Å². The molecule has 0 aliphatic heterocycles. The summed E-state index contributed by atoms with van der Waals surface area (Å²) < 4.78 is 18.3. The minimum atomic E-state index is -0.561. The van der Waals surface area contributed by atoms with Crippen LogP contribution in [0.5, 0.6) is 5.75 Å². The van der Waals surface area contributed by atoms with Crippen LogP contribution in [0.15, 0.2) is 48.5 Å². The van der Waals surface area contributed by atoms with E-state index < -0.39 is 5.82 Å². The smallest absolute Gasteiger partial charge is 0.185 e. The lowest BCUT2D eigenvalue weighted by Crippen LogP contribution is -1.97. The molecule has 0 saturated heterocycles. The Morgan fingerprint density at radius 3 is 2.70 bits per heavy atom. The second kappa shape index (κ2) is 6.35. The maximum absolute atomic E-state index is 13.5. The van der Waals surface area contributed by atoms with Gasteiger partial charge in [0.1, 0.15) is 0 Å². The van der Waals surface area contributed by atoms with Crippen molar-refractivity contribution in [3.05, 3.63) is 70.5 Å². The molecule has 102 valence electrons. The predicted molar refractivity (Wildman–Crippen MR) is 77.8 cm³/mol. The van der Waals surface area contributed by atoms with E-state index in [1.54, 1.807) is 24.3 Å². The van der Waals surface area contributed by atoms with Gasteiger partial charge in [0.05, 0.1) is 7.11 Å². The Morgan fingerprint density at radius 1 is 1.25 bits per heavy atom. The normalized spacial score (nSPS) is 10.8. The fraction of sp³-hybridized carbons (Fsp3) is 0.0625. The lowest BCUT2D eigenvalue weighted by molar-refractivity contribution is 0.104. The van der Waals surface area contributed by atoms with Crippen LogP contribution in [0.25, 0.3) is 6.08 Å². The minimum Gasteiger partial charge on any atom is -0.494 e. The van der Waals surface area contributed by atoms with Crippen molar-refractivity contribution in [2.75, 3.05) is 7.11 Å². The highest BCUT2D eigenvalue weighted by Crippen LogP contribution is 2.18. The average molecular weight is 291 g/mol. The maximum atomic E-state index is 13.5. The van der Waals surface area contributed by atoms with Gasteiger partial charge in [0.2, 0.25) is 0 Å². The molecule has 0 amide bonds. The summed E-state index contributed by atoms with van der Waals surface area (Å²) >= 11 is 5.85. The zero-order chi connectivity index (χ0) is 14.5. The van der Waals surface area contributed by atoms with E-state index in [-0.39, 0.29) is 17.1 Å². The molecule has 0 aromatic heterocycles. The molecule has 2 rings (SSSR count). The topological polar surface area (TPSA) is 26.3 Å². The second-order valence-electron chi connectivity index (χ2n) is 4.10. The van der Waals surface area contributed by atoms with E-state index in [1.165, 1.54) is 25.3 Å². The monoisotopic (exact) mass is 290 g/mol. The molecule has 0 N–H and O–H groups in total.